The molecule has 2 atom stereocenters. The van der Waals surface area contributed by atoms with E-state index in [0.717, 1.165) is 12.5 Å². The summed E-state index contributed by atoms with van der Waals surface area (Å²) < 4.78 is 19.7. The lowest BCUT2D eigenvalue weighted by Crippen LogP contribution is -2.41. The number of nitrogens with zero attached hydrogens (tertiary/aromatic N) is 4. The van der Waals surface area contributed by atoms with E-state index in [1.54, 1.807) is 4.68 Å². The highest BCUT2D eigenvalue weighted by Crippen LogP contribution is 2.41. The Bertz CT molecular complexity index is 721. The van der Waals surface area contributed by atoms with Crippen molar-refractivity contribution in [1.82, 2.24) is 20.2 Å². The Morgan fingerprint density at radius 2 is 1.84 bits per heavy atom. The van der Waals surface area contributed by atoms with Crippen LogP contribution >= 0.6 is 0 Å². The van der Waals surface area contributed by atoms with Crippen LogP contribution in [0.4, 0.5) is 0 Å². The number of aromatic nitrogens is 4. The van der Waals surface area contributed by atoms with Gasteiger partial charge in [0.15, 0.2) is 5.82 Å². The minimum atomic E-state index is -1.21. The molecule has 1 aliphatic heterocycles. The van der Waals surface area contributed by atoms with Crippen LogP contribution in [0.1, 0.15) is 59.2 Å². The summed E-state index contributed by atoms with van der Waals surface area (Å²) in [5, 5.41) is 22.1. The molecular formula is C20H39BN4O5Si. The summed E-state index contributed by atoms with van der Waals surface area (Å²) in [6.07, 6.45) is 1.62. The number of carboxylic acid groups (broad SMARTS) is 1. The largest absolute Gasteiger partial charge is 0.481 e. The molecule has 11 heteroatoms. The lowest BCUT2D eigenvalue weighted by Gasteiger charge is -2.32. The zero-order chi connectivity index (χ0) is 23.4. The fourth-order valence-corrected chi connectivity index (χ4v) is 4.38. The van der Waals surface area contributed by atoms with E-state index in [9.17, 15) is 9.90 Å². The van der Waals surface area contributed by atoms with E-state index in [0.29, 0.717) is 25.2 Å². The van der Waals surface area contributed by atoms with Gasteiger partial charge in [0, 0.05) is 20.6 Å². The van der Waals surface area contributed by atoms with Gasteiger partial charge in [-0.3, -0.25) is 4.79 Å². The predicted molar refractivity (Wildman–Crippen MR) is 122 cm³/mol. The number of rotatable bonds is 12. The first-order chi connectivity index (χ1) is 14.3. The van der Waals surface area contributed by atoms with Gasteiger partial charge in [0.1, 0.15) is 6.73 Å². The Balaban J connectivity index is 2.22. The second-order valence-corrected chi connectivity index (χ2v) is 16.3. The molecule has 0 aliphatic carbocycles. The SMILES string of the molecule is CCCC(C(=O)O)[C@H](CB1OC(C)(C)C(C)(C)O1)c1nnnn1COCC[Si](C)(C)C. The highest BCUT2D eigenvalue weighted by atomic mass is 28.3. The maximum Gasteiger partial charge on any atom is 0.458 e. The Kier molecular flexibility index (Phi) is 8.46. The zero-order valence-electron chi connectivity index (χ0n) is 20.3. The summed E-state index contributed by atoms with van der Waals surface area (Å²) in [5.41, 5.74) is -0.977. The van der Waals surface area contributed by atoms with E-state index in [1.165, 1.54) is 0 Å². The number of hydrogen-bond acceptors (Lipinski definition) is 7. The normalized spacial score (nSPS) is 20.1. The summed E-state index contributed by atoms with van der Waals surface area (Å²) in [7, 11) is -1.74. The van der Waals surface area contributed by atoms with Gasteiger partial charge in [0.2, 0.25) is 0 Å². The fraction of sp³-hybridized carbons (Fsp3) is 0.900. The third kappa shape index (κ3) is 6.84. The smallest absolute Gasteiger partial charge is 0.458 e. The molecule has 1 N–H and O–H groups in total. The second-order valence-electron chi connectivity index (χ2n) is 10.6. The van der Waals surface area contributed by atoms with Crippen LogP contribution in [-0.4, -0.2) is 64.3 Å². The second kappa shape index (κ2) is 10.1. The quantitative estimate of drug-likeness (QED) is 0.377. The third-order valence-electron chi connectivity index (χ3n) is 6.25. The maximum absolute atomic E-state index is 12.2. The van der Waals surface area contributed by atoms with E-state index in [1.807, 2.05) is 34.6 Å². The van der Waals surface area contributed by atoms with Gasteiger partial charge in [-0.2, -0.15) is 0 Å². The number of hydrogen-bond donors (Lipinski definition) is 1. The summed E-state index contributed by atoms with van der Waals surface area (Å²) in [5.74, 6) is -1.46. The monoisotopic (exact) mass is 454 g/mol. The maximum atomic E-state index is 12.2. The molecule has 0 spiro atoms. The molecule has 1 aromatic rings. The van der Waals surface area contributed by atoms with E-state index in [2.05, 4.69) is 35.2 Å². The van der Waals surface area contributed by atoms with Crippen LogP contribution in [-0.2, 0) is 25.6 Å². The van der Waals surface area contributed by atoms with Crippen molar-refractivity contribution in [2.24, 2.45) is 5.92 Å². The van der Waals surface area contributed by atoms with Crippen LogP contribution in [0.3, 0.4) is 0 Å². The van der Waals surface area contributed by atoms with E-state index >= 15 is 0 Å². The predicted octanol–water partition coefficient (Wildman–Crippen LogP) is 3.66. The van der Waals surface area contributed by atoms with Crippen LogP contribution in [0.15, 0.2) is 0 Å². The molecule has 9 nitrogen and oxygen atoms in total. The van der Waals surface area contributed by atoms with E-state index in [4.69, 9.17) is 14.0 Å². The molecule has 31 heavy (non-hydrogen) atoms. The average Bonchev–Trinajstić information content (AvgIpc) is 3.15. The average molecular weight is 454 g/mol. The molecule has 2 rings (SSSR count). The van der Waals surface area contributed by atoms with Crippen LogP contribution in [0, 0.1) is 5.92 Å². The summed E-state index contributed by atoms with van der Waals surface area (Å²) in [6.45, 7) is 17.6. The van der Waals surface area contributed by atoms with Crippen molar-refractivity contribution in [3.05, 3.63) is 5.82 Å². The van der Waals surface area contributed by atoms with Crippen LogP contribution in [0.2, 0.25) is 32.0 Å². The Morgan fingerprint density at radius 3 is 2.35 bits per heavy atom. The van der Waals surface area contributed by atoms with Crippen molar-refractivity contribution in [3.63, 3.8) is 0 Å². The number of aliphatic carboxylic acids is 1. The van der Waals surface area contributed by atoms with Crippen LogP contribution in [0.25, 0.3) is 0 Å². The van der Waals surface area contributed by atoms with Gasteiger partial charge >= 0.3 is 13.1 Å². The molecule has 0 aromatic carbocycles. The summed E-state index contributed by atoms with van der Waals surface area (Å²) >= 11 is 0. The molecule has 0 radical (unpaired) electrons. The van der Waals surface area contributed by atoms with Gasteiger partial charge in [-0.05, 0) is 56.9 Å². The molecule has 2 heterocycles. The summed E-state index contributed by atoms with van der Waals surface area (Å²) in [6, 6.07) is 1.04. The number of ether oxygens (including phenoxy) is 1. The van der Waals surface area contributed by atoms with Gasteiger partial charge in [0.05, 0.1) is 17.1 Å². The van der Waals surface area contributed by atoms with Crippen LogP contribution < -0.4 is 0 Å². The van der Waals surface area contributed by atoms with Crippen molar-refractivity contribution >= 4 is 21.2 Å². The Morgan fingerprint density at radius 1 is 1.23 bits per heavy atom. The molecule has 1 saturated heterocycles. The van der Waals surface area contributed by atoms with Crippen molar-refractivity contribution in [2.75, 3.05) is 6.61 Å². The molecule has 176 valence electrons. The molecule has 1 unspecified atom stereocenters. The molecule has 1 fully saturated rings. The van der Waals surface area contributed by atoms with Gasteiger partial charge in [-0.1, -0.05) is 33.0 Å². The van der Waals surface area contributed by atoms with Crippen molar-refractivity contribution < 1.29 is 23.9 Å². The highest BCUT2D eigenvalue weighted by molar-refractivity contribution is 6.76. The molecule has 0 saturated carbocycles. The Labute approximate surface area is 187 Å². The van der Waals surface area contributed by atoms with Gasteiger partial charge in [-0.15, -0.1) is 5.10 Å². The zero-order valence-corrected chi connectivity index (χ0v) is 21.3. The van der Waals surface area contributed by atoms with Crippen molar-refractivity contribution in [3.8, 4) is 0 Å². The van der Waals surface area contributed by atoms with E-state index < -0.39 is 44.2 Å². The fourth-order valence-electron chi connectivity index (χ4n) is 3.62. The van der Waals surface area contributed by atoms with Crippen LogP contribution in [0.5, 0.6) is 0 Å². The number of tetrazole rings is 1. The van der Waals surface area contributed by atoms with Crippen molar-refractivity contribution in [2.45, 2.75) is 103 Å². The number of carbonyl (C=O) groups is 1. The third-order valence-corrected chi connectivity index (χ3v) is 7.96. The first-order valence-electron chi connectivity index (χ1n) is 11.2. The van der Waals surface area contributed by atoms with Gasteiger partial charge in [0.25, 0.3) is 0 Å². The standard InChI is InChI=1S/C20H39BN4O5Si/c1-9-10-15(18(26)27)16(13-21-29-19(2,3)20(4,5)30-21)17-22-23-24-25(17)14-28-11-12-31(6,7)8/h15-16H,9-14H2,1-8H3,(H,26,27)/t15?,16-/m0/s1. The lowest BCUT2D eigenvalue weighted by atomic mass is 9.71. The van der Waals surface area contributed by atoms with E-state index in [-0.39, 0.29) is 6.73 Å². The highest BCUT2D eigenvalue weighted by Gasteiger charge is 2.52. The first kappa shape index (κ1) is 26.0. The molecule has 1 aliphatic rings. The summed E-state index contributed by atoms with van der Waals surface area (Å²) in [4.78, 5) is 12.2. The first-order valence-corrected chi connectivity index (χ1v) is 14.9. The molecule has 0 bridgehead atoms. The minimum Gasteiger partial charge on any atom is -0.481 e. The Hall–Kier alpha value is -1.30. The number of carboxylic acids is 1. The molecule has 0 amide bonds. The minimum absolute atomic E-state index is 0.200. The molecule has 1 aromatic heterocycles. The topological polar surface area (TPSA) is 109 Å². The van der Waals surface area contributed by atoms with Gasteiger partial charge < -0.3 is 19.2 Å². The van der Waals surface area contributed by atoms with Crippen molar-refractivity contribution in [1.29, 1.82) is 0 Å². The lowest BCUT2D eigenvalue weighted by molar-refractivity contribution is -0.142. The van der Waals surface area contributed by atoms with Gasteiger partial charge in [-0.25, -0.2) is 4.68 Å². The molecular weight excluding hydrogens is 415 g/mol.